The molecule has 1 fully saturated rings. The Morgan fingerprint density at radius 2 is 1.81 bits per heavy atom. The van der Waals surface area contributed by atoms with Crippen LogP contribution in [-0.2, 0) is 0 Å². The van der Waals surface area contributed by atoms with Gasteiger partial charge < -0.3 is 4.90 Å². The van der Waals surface area contributed by atoms with Crippen molar-refractivity contribution >= 4 is 16.9 Å². The average molecular weight is 350 g/mol. The van der Waals surface area contributed by atoms with Crippen LogP contribution in [0.3, 0.4) is 0 Å². The highest BCUT2D eigenvalue weighted by Crippen LogP contribution is 2.18. The Bertz CT molecular complexity index is 1110. The molecule has 3 heterocycles. The van der Waals surface area contributed by atoms with Crippen LogP contribution in [0.4, 0.5) is 0 Å². The summed E-state index contributed by atoms with van der Waals surface area (Å²) >= 11 is 0. The topological polar surface area (TPSA) is 88.1 Å². The molecule has 1 aliphatic heterocycles. The number of pyridine rings is 1. The van der Waals surface area contributed by atoms with E-state index in [4.69, 9.17) is 0 Å². The maximum absolute atomic E-state index is 13.1. The normalized spacial score (nSPS) is 14.1. The van der Waals surface area contributed by atoms with E-state index >= 15 is 0 Å². The number of nitrogens with one attached hydrogen (secondary N) is 1. The highest BCUT2D eigenvalue weighted by Gasteiger charge is 2.24. The Kier molecular flexibility index (Phi) is 3.91. The number of nitrogens with zero attached hydrogens (tertiary/aromatic N) is 3. The fraction of sp³-hybridized carbons (Fsp3) is 0.263. The van der Waals surface area contributed by atoms with E-state index in [1.807, 2.05) is 0 Å². The van der Waals surface area contributed by atoms with Gasteiger partial charge in [-0.25, -0.2) is 14.3 Å². The van der Waals surface area contributed by atoms with Crippen LogP contribution < -0.4 is 11.2 Å². The Balaban J connectivity index is 2.02. The number of fused-ring (bicyclic) bond motifs is 1. The molecule has 4 rings (SSSR count). The maximum atomic E-state index is 13.1. The molecule has 26 heavy (non-hydrogen) atoms. The first-order valence-corrected chi connectivity index (χ1v) is 8.57. The van der Waals surface area contributed by atoms with Gasteiger partial charge in [0.2, 0.25) is 0 Å². The van der Waals surface area contributed by atoms with Gasteiger partial charge in [0.1, 0.15) is 5.65 Å². The summed E-state index contributed by atoms with van der Waals surface area (Å²) in [5, 5.41) is 0.149. The van der Waals surface area contributed by atoms with Crippen LogP contribution >= 0.6 is 0 Å². The van der Waals surface area contributed by atoms with E-state index < -0.39 is 11.2 Å². The summed E-state index contributed by atoms with van der Waals surface area (Å²) in [6.45, 7) is 3.09. The van der Waals surface area contributed by atoms with Crippen molar-refractivity contribution in [2.75, 3.05) is 13.1 Å². The zero-order valence-electron chi connectivity index (χ0n) is 14.4. The second kappa shape index (κ2) is 6.25. The highest BCUT2D eigenvalue weighted by atomic mass is 16.2. The number of likely N-dealkylation sites (tertiary alicyclic amines) is 1. The minimum absolute atomic E-state index is 0.148. The second-order valence-electron chi connectivity index (χ2n) is 6.44. The monoisotopic (exact) mass is 350 g/mol. The lowest BCUT2D eigenvalue weighted by Gasteiger charge is -2.17. The number of H-pyrrole nitrogens is 1. The van der Waals surface area contributed by atoms with E-state index in [9.17, 15) is 14.4 Å². The molecule has 132 valence electrons. The number of aromatic nitrogens is 3. The number of para-hydroxylation sites is 1. The number of rotatable bonds is 2. The molecule has 0 bridgehead atoms. The second-order valence-corrected chi connectivity index (χ2v) is 6.44. The van der Waals surface area contributed by atoms with Gasteiger partial charge in [0.25, 0.3) is 11.5 Å². The fourth-order valence-corrected chi connectivity index (χ4v) is 3.41. The summed E-state index contributed by atoms with van der Waals surface area (Å²) < 4.78 is 1.04. The summed E-state index contributed by atoms with van der Waals surface area (Å²) in [5.41, 5.74) is 0.347. The van der Waals surface area contributed by atoms with Crippen LogP contribution in [0.25, 0.3) is 16.7 Å². The fourth-order valence-electron chi connectivity index (χ4n) is 3.41. The van der Waals surface area contributed by atoms with Gasteiger partial charge in [-0.1, -0.05) is 18.2 Å². The van der Waals surface area contributed by atoms with Crippen molar-refractivity contribution in [3.8, 4) is 5.69 Å². The molecular formula is C19H18N4O3. The Morgan fingerprint density at radius 3 is 2.50 bits per heavy atom. The molecule has 0 spiro atoms. The van der Waals surface area contributed by atoms with Crippen molar-refractivity contribution in [2.45, 2.75) is 19.8 Å². The number of aryl methyl sites for hydroxylation is 1. The summed E-state index contributed by atoms with van der Waals surface area (Å²) in [6, 6.07) is 10.3. The third-order valence-electron chi connectivity index (χ3n) is 4.63. The van der Waals surface area contributed by atoms with Gasteiger partial charge in [0.05, 0.1) is 16.6 Å². The molecule has 0 atom stereocenters. The van der Waals surface area contributed by atoms with Crippen LogP contribution in [0, 0.1) is 6.92 Å². The Morgan fingerprint density at radius 1 is 1.12 bits per heavy atom. The molecule has 1 amide bonds. The Labute approximate surface area is 148 Å². The minimum atomic E-state index is -0.577. The summed E-state index contributed by atoms with van der Waals surface area (Å²) in [7, 11) is 0. The van der Waals surface area contributed by atoms with E-state index in [0.717, 1.165) is 17.4 Å². The minimum Gasteiger partial charge on any atom is -0.339 e. The third-order valence-corrected chi connectivity index (χ3v) is 4.63. The molecule has 1 aromatic carbocycles. The zero-order chi connectivity index (χ0) is 18.3. The molecule has 1 N–H and O–H groups in total. The summed E-state index contributed by atoms with van der Waals surface area (Å²) in [6.07, 6.45) is 1.91. The quantitative estimate of drug-likeness (QED) is 0.761. The van der Waals surface area contributed by atoms with E-state index in [2.05, 4.69) is 9.97 Å². The number of aromatic amines is 1. The van der Waals surface area contributed by atoms with Crippen molar-refractivity contribution < 1.29 is 4.79 Å². The number of amides is 1. The van der Waals surface area contributed by atoms with Crippen molar-refractivity contribution in [1.82, 2.24) is 19.4 Å². The number of carbonyl (C=O) groups is 1. The largest absolute Gasteiger partial charge is 0.339 e. The predicted molar refractivity (Wildman–Crippen MR) is 97.8 cm³/mol. The van der Waals surface area contributed by atoms with Gasteiger partial charge in [-0.3, -0.25) is 14.6 Å². The molecule has 1 aliphatic rings. The van der Waals surface area contributed by atoms with Gasteiger partial charge in [-0.05, 0) is 38.0 Å². The van der Waals surface area contributed by atoms with Gasteiger partial charge in [-0.15, -0.1) is 0 Å². The van der Waals surface area contributed by atoms with Gasteiger partial charge in [0.15, 0.2) is 0 Å². The number of hydrogen-bond donors (Lipinski definition) is 1. The van der Waals surface area contributed by atoms with E-state index in [1.54, 1.807) is 48.2 Å². The molecule has 7 heteroatoms. The number of hydrogen-bond acceptors (Lipinski definition) is 4. The maximum Gasteiger partial charge on any atom is 0.334 e. The lowest BCUT2D eigenvalue weighted by Crippen LogP contribution is -2.36. The van der Waals surface area contributed by atoms with Crippen molar-refractivity contribution in [2.24, 2.45) is 0 Å². The first-order chi connectivity index (χ1) is 12.6. The molecule has 3 aromatic rings. The molecule has 7 nitrogen and oxygen atoms in total. The molecule has 1 saturated heterocycles. The van der Waals surface area contributed by atoms with Crippen LogP contribution in [-0.4, -0.2) is 38.4 Å². The van der Waals surface area contributed by atoms with Crippen LogP contribution in [0.15, 0.2) is 46.0 Å². The SMILES string of the molecule is Cc1cc(C(=O)N2CCCC2)c2c(=O)n(-c3ccccc3)c(=O)[nH]c2n1. The smallest absolute Gasteiger partial charge is 0.334 e. The predicted octanol–water partition coefficient (Wildman–Crippen LogP) is 1.62. The lowest BCUT2D eigenvalue weighted by atomic mass is 10.1. The number of benzene rings is 1. The van der Waals surface area contributed by atoms with E-state index in [1.165, 1.54) is 0 Å². The molecule has 0 saturated carbocycles. The summed E-state index contributed by atoms with van der Waals surface area (Å²) in [4.78, 5) is 47.2. The van der Waals surface area contributed by atoms with Crippen LogP contribution in [0.5, 0.6) is 0 Å². The molecule has 0 aliphatic carbocycles. The van der Waals surface area contributed by atoms with E-state index in [0.29, 0.717) is 30.0 Å². The van der Waals surface area contributed by atoms with Gasteiger partial charge in [-0.2, -0.15) is 0 Å². The summed E-state index contributed by atoms with van der Waals surface area (Å²) in [5.74, 6) is -0.193. The third kappa shape index (κ3) is 2.61. The zero-order valence-corrected chi connectivity index (χ0v) is 14.4. The molecular weight excluding hydrogens is 332 g/mol. The first kappa shape index (κ1) is 16.3. The molecule has 0 radical (unpaired) electrons. The first-order valence-electron chi connectivity index (χ1n) is 8.57. The highest BCUT2D eigenvalue weighted by molar-refractivity contribution is 6.05. The van der Waals surface area contributed by atoms with Crippen LogP contribution in [0.2, 0.25) is 0 Å². The van der Waals surface area contributed by atoms with Gasteiger partial charge in [0, 0.05) is 18.8 Å². The Hall–Kier alpha value is -3.22. The lowest BCUT2D eigenvalue weighted by molar-refractivity contribution is 0.0794. The molecule has 0 unspecified atom stereocenters. The number of carbonyl (C=O) groups excluding carboxylic acids is 1. The van der Waals surface area contributed by atoms with Crippen LogP contribution in [0.1, 0.15) is 28.9 Å². The van der Waals surface area contributed by atoms with Gasteiger partial charge >= 0.3 is 5.69 Å². The van der Waals surface area contributed by atoms with Crippen molar-refractivity contribution in [3.05, 3.63) is 68.5 Å². The molecule has 2 aromatic heterocycles. The standard InChI is InChI=1S/C19H18N4O3/c1-12-11-14(17(24)22-9-5-6-10-22)15-16(20-12)21-19(26)23(18(15)25)13-7-3-2-4-8-13/h2-4,7-8,11H,5-6,9-10H2,1H3,(H,20,21,26). The van der Waals surface area contributed by atoms with Crippen molar-refractivity contribution in [1.29, 1.82) is 0 Å². The van der Waals surface area contributed by atoms with Crippen molar-refractivity contribution in [3.63, 3.8) is 0 Å². The average Bonchev–Trinajstić information content (AvgIpc) is 3.15. The van der Waals surface area contributed by atoms with E-state index in [-0.39, 0.29) is 16.9 Å².